The summed E-state index contributed by atoms with van der Waals surface area (Å²) in [5.41, 5.74) is 0.542. The van der Waals surface area contributed by atoms with E-state index in [9.17, 15) is 18.0 Å². The fourth-order valence-electron chi connectivity index (χ4n) is 3.05. The molecule has 0 fully saturated rings. The van der Waals surface area contributed by atoms with Gasteiger partial charge in [-0.05, 0) is 41.5 Å². The summed E-state index contributed by atoms with van der Waals surface area (Å²) in [6, 6.07) is 21.5. The molecule has 6 nitrogen and oxygen atoms in total. The summed E-state index contributed by atoms with van der Waals surface area (Å²) < 4.78 is 24.4. The van der Waals surface area contributed by atoms with Crippen LogP contribution in [0.15, 0.2) is 77.7 Å². The van der Waals surface area contributed by atoms with Crippen molar-refractivity contribution in [1.29, 1.82) is 0 Å². The summed E-state index contributed by atoms with van der Waals surface area (Å²) in [5.74, 6) is -0.496. The maximum Gasteiger partial charge on any atom is 0.251 e. The Morgan fingerprint density at radius 2 is 1.47 bits per heavy atom. The number of carbonyl (C=O) groups is 2. The molecule has 0 saturated heterocycles. The van der Waals surface area contributed by atoms with Crippen molar-refractivity contribution in [2.45, 2.75) is 17.7 Å². The Kier molecular flexibility index (Phi) is 7.19. The summed E-state index contributed by atoms with van der Waals surface area (Å²) in [6.07, 6.45) is 0.456. The fourth-order valence-corrected chi connectivity index (χ4v) is 4.38. The van der Waals surface area contributed by atoms with E-state index in [4.69, 9.17) is 0 Å². The number of hydrogen-bond donors (Lipinski definition) is 2. The highest BCUT2D eigenvalue weighted by atomic mass is 32.2. The van der Waals surface area contributed by atoms with Gasteiger partial charge in [0.2, 0.25) is 5.91 Å². The molecule has 2 N–H and O–H groups in total. The Labute approximate surface area is 176 Å². The number of sulfone groups is 1. The number of nitrogens with one attached hydrogen (secondary N) is 2. The molecule has 0 heterocycles. The molecule has 0 spiro atoms. The van der Waals surface area contributed by atoms with Gasteiger partial charge < -0.3 is 10.6 Å². The highest BCUT2D eigenvalue weighted by Gasteiger charge is 2.13. The van der Waals surface area contributed by atoms with E-state index >= 15 is 0 Å². The van der Waals surface area contributed by atoms with Crippen LogP contribution in [-0.4, -0.2) is 39.1 Å². The predicted octanol–water partition coefficient (Wildman–Crippen LogP) is 2.94. The Hall–Kier alpha value is -3.19. The van der Waals surface area contributed by atoms with Crippen molar-refractivity contribution in [3.8, 4) is 0 Å². The first kappa shape index (κ1) is 21.5. The molecule has 2 amide bonds. The van der Waals surface area contributed by atoms with Crippen molar-refractivity contribution < 1.29 is 18.0 Å². The molecule has 0 aliphatic rings. The molecule has 3 rings (SSSR count). The van der Waals surface area contributed by atoms with Gasteiger partial charge in [-0.25, -0.2) is 8.42 Å². The molecule has 3 aromatic carbocycles. The fraction of sp³-hybridized carbons (Fsp3) is 0.217. The lowest BCUT2D eigenvalue weighted by Gasteiger charge is -2.08. The number of amides is 2. The summed E-state index contributed by atoms with van der Waals surface area (Å²) in [6.45, 7) is 0.476. The molecule has 156 valence electrons. The third-order valence-electron chi connectivity index (χ3n) is 4.66. The molecule has 0 aromatic heterocycles. The topological polar surface area (TPSA) is 92.3 Å². The average molecular weight is 425 g/mol. The Balaban J connectivity index is 1.37. The molecule has 3 aromatic rings. The maximum atomic E-state index is 12.3. The van der Waals surface area contributed by atoms with Gasteiger partial charge in [0.05, 0.1) is 10.6 Å². The average Bonchev–Trinajstić information content (AvgIpc) is 2.77. The van der Waals surface area contributed by atoms with Gasteiger partial charge in [0.25, 0.3) is 5.91 Å². The standard InChI is InChI=1S/C23H24N2O4S/c26-22(24-14-6-16-30(28,29)21-9-2-1-3-10-21)13-15-25-23(27)20-12-11-18-7-4-5-8-19(18)17-20/h1-5,7-12,17H,6,13-16H2,(H,24,26)(H,25,27). The molecule has 30 heavy (non-hydrogen) atoms. The molecule has 0 saturated carbocycles. The van der Waals surface area contributed by atoms with Crippen molar-refractivity contribution in [2.75, 3.05) is 18.8 Å². The van der Waals surface area contributed by atoms with Crippen LogP contribution < -0.4 is 10.6 Å². The molecular weight excluding hydrogens is 400 g/mol. The van der Waals surface area contributed by atoms with Crippen LogP contribution in [0.25, 0.3) is 10.8 Å². The monoisotopic (exact) mass is 424 g/mol. The SMILES string of the molecule is O=C(CCNC(=O)c1ccc2ccccc2c1)NCCCS(=O)(=O)c1ccccc1. The van der Waals surface area contributed by atoms with E-state index in [0.29, 0.717) is 12.0 Å². The van der Waals surface area contributed by atoms with E-state index in [2.05, 4.69) is 10.6 Å². The molecular formula is C23H24N2O4S. The zero-order chi connectivity index (χ0) is 21.4. The van der Waals surface area contributed by atoms with E-state index in [1.165, 1.54) is 0 Å². The van der Waals surface area contributed by atoms with Crippen LogP contribution in [0.4, 0.5) is 0 Å². The predicted molar refractivity (Wildman–Crippen MR) is 117 cm³/mol. The normalized spacial score (nSPS) is 11.2. The van der Waals surface area contributed by atoms with Crippen LogP contribution >= 0.6 is 0 Å². The highest BCUT2D eigenvalue weighted by molar-refractivity contribution is 7.91. The number of rotatable bonds is 9. The summed E-state index contributed by atoms with van der Waals surface area (Å²) >= 11 is 0. The molecule has 0 aliphatic carbocycles. The Morgan fingerprint density at radius 1 is 0.767 bits per heavy atom. The van der Waals surface area contributed by atoms with Crippen molar-refractivity contribution in [3.63, 3.8) is 0 Å². The van der Waals surface area contributed by atoms with E-state index in [0.717, 1.165) is 10.8 Å². The number of fused-ring (bicyclic) bond motifs is 1. The van der Waals surface area contributed by atoms with Crippen LogP contribution in [0.3, 0.4) is 0 Å². The largest absolute Gasteiger partial charge is 0.356 e. The molecule has 0 radical (unpaired) electrons. The second-order valence-corrected chi connectivity index (χ2v) is 9.01. The Bertz CT molecular complexity index is 1130. The van der Waals surface area contributed by atoms with Gasteiger partial charge >= 0.3 is 0 Å². The lowest BCUT2D eigenvalue weighted by molar-refractivity contribution is -0.120. The van der Waals surface area contributed by atoms with Gasteiger partial charge in [0, 0.05) is 25.1 Å². The van der Waals surface area contributed by atoms with Crippen LogP contribution in [0, 0.1) is 0 Å². The van der Waals surface area contributed by atoms with Gasteiger partial charge in [0.1, 0.15) is 0 Å². The van der Waals surface area contributed by atoms with E-state index in [-0.39, 0.29) is 42.0 Å². The van der Waals surface area contributed by atoms with Gasteiger partial charge in [-0.3, -0.25) is 9.59 Å². The van der Waals surface area contributed by atoms with Gasteiger partial charge in [-0.1, -0.05) is 48.5 Å². The van der Waals surface area contributed by atoms with E-state index in [1.807, 2.05) is 36.4 Å². The molecule has 0 bridgehead atoms. The van der Waals surface area contributed by atoms with Crippen LogP contribution in [0.1, 0.15) is 23.2 Å². The quantitative estimate of drug-likeness (QED) is 0.517. The van der Waals surface area contributed by atoms with Gasteiger partial charge in [0.15, 0.2) is 9.84 Å². The lowest BCUT2D eigenvalue weighted by Crippen LogP contribution is -2.31. The van der Waals surface area contributed by atoms with Crippen molar-refractivity contribution in [3.05, 3.63) is 78.4 Å². The summed E-state index contributed by atoms with van der Waals surface area (Å²) in [5, 5.41) is 7.46. The van der Waals surface area contributed by atoms with Crippen LogP contribution in [-0.2, 0) is 14.6 Å². The highest BCUT2D eigenvalue weighted by Crippen LogP contribution is 2.15. The number of hydrogen-bond acceptors (Lipinski definition) is 4. The minimum atomic E-state index is -3.34. The zero-order valence-electron chi connectivity index (χ0n) is 16.5. The molecule has 0 unspecified atom stereocenters. The van der Waals surface area contributed by atoms with Crippen molar-refractivity contribution in [2.24, 2.45) is 0 Å². The molecule has 0 aliphatic heterocycles. The summed E-state index contributed by atoms with van der Waals surface area (Å²) in [4.78, 5) is 24.5. The van der Waals surface area contributed by atoms with Gasteiger partial charge in [-0.15, -0.1) is 0 Å². The lowest BCUT2D eigenvalue weighted by atomic mass is 10.1. The second kappa shape index (κ2) is 10.0. The first-order chi connectivity index (χ1) is 14.5. The van der Waals surface area contributed by atoms with Crippen LogP contribution in [0.5, 0.6) is 0 Å². The van der Waals surface area contributed by atoms with Crippen LogP contribution in [0.2, 0.25) is 0 Å². The summed E-state index contributed by atoms with van der Waals surface area (Å²) in [7, 11) is -3.34. The third-order valence-corrected chi connectivity index (χ3v) is 6.48. The first-order valence-electron chi connectivity index (χ1n) is 9.77. The molecule has 0 atom stereocenters. The van der Waals surface area contributed by atoms with E-state index < -0.39 is 9.84 Å². The zero-order valence-corrected chi connectivity index (χ0v) is 17.3. The second-order valence-electron chi connectivity index (χ2n) is 6.90. The van der Waals surface area contributed by atoms with Crippen molar-refractivity contribution >= 4 is 32.4 Å². The minimum Gasteiger partial charge on any atom is -0.356 e. The third kappa shape index (κ3) is 5.90. The molecule has 7 heteroatoms. The van der Waals surface area contributed by atoms with Gasteiger partial charge in [-0.2, -0.15) is 0 Å². The van der Waals surface area contributed by atoms with Crippen molar-refractivity contribution in [1.82, 2.24) is 10.6 Å². The maximum absolute atomic E-state index is 12.3. The minimum absolute atomic E-state index is 0.0318. The first-order valence-corrected chi connectivity index (χ1v) is 11.4. The van der Waals surface area contributed by atoms with E-state index in [1.54, 1.807) is 36.4 Å². The number of benzene rings is 3. The number of carbonyl (C=O) groups excluding carboxylic acids is 2. The Morgan fingerprint density at radius 3 is 2.23 bits per heavy atom. The smallest absolute Gasteiger partial charge is 0.251 e.